The molecule has 0 amide bonds. The minimum atomic E-state index is 0.240. The molecule has 1 aromatic heterocycles. The number of rotatable bonds is 5. The van der Waals surface area contributed by atoms with Crippen molar-refractivity contribution in [2.24, 2.45) is 0 Å². The standard InChI is InChI=1S/C23H25N3O3/c1-16-22-19(27-18-10-12-24-13-11-18)8-5-9-20(22)28-23(16)21-15-26(25-29-21)14-17-6-3-2-4-7-17/h2-9,15,18,24-25H,10-14H2,1H3. The maximum Gasteiger partial charge on any atom is 0.209 e. The predicted octanol–water partition coefficient (Wildman–Crippen LogP) is 4.12. The second-order valence-electron chi connectivity index (χ2n) is 7.55. The number of ether oxygens (including phenoxy) is 1. The van der Waals surface area contributed by atoms with Crippen LogP contribution in [0.5, 0.6) is 5.75 Å². The van der Waals surface area contributed by atoms with E-state index < -0.39 is 0 Å². The quantitative estimate of drug-likeness (QED) is 0.682. The van der Waals surface area contributed by atoms with Gasteiger partial charge in [-0.1, -0.05) is 42.0 Å². The van der Waals surface area contributed by atoms with Crippen molar-refractivity contribution < 1.29 is 14.0 Å². The van der Waals surface area contributed by atoms with E-state index in [9.17, 15) is 0 Å². The molecule has 0 radical (unpaired) electrons. The number of aryl methyl sites for hydroxylation is 1. The Morgan fingerprint density at radius 3 is 2.72 bits per heavy atom. The number of fused-ring (bicyclic) bond motifs is 1. The molecule has 2 aliphatic rings. The fourth-order valence-electron chi connectivity index (χ4n) is 3.96. The van der Waals surface area contributed by atoms with Crippen LogP contribution in [0.1, 0.15) is 29.7 Å². The lowest BCUT2D eigenvalue weighted by atomic mass is 10.1. The largest absolute Gasteiger partial charge is 0.490 e. The highest BCUT2D eigenvalue weighted by molar-refractivity contribution is 5.91. The highest BCUT2D eigenvalue weighted by atomic mass is 16.7. The highest BCUT2D eigenvalue weighted by Gasteiger charge is 2.25. The Balaban J connectivity index is 1.41. The van der Waals surface area contributed by atoms with Gasteiger partial charge >= 0.3 is 0 Å². The number of piperidine rings is 1. The first kappa shape index (κ1) is 18.1. The van der Waals surface area contributed by atoms with Crippen LogP contribution in [0.4, 0.5) is 0 Å². The zero-order valence-corrected chi connectivity index (χ0v) is 16.5. The molecule has 2 N–H and O–H groups in total. The van der Waals surface area contributed by atoms with Crippen LogP contribution < -0.4 is 15.6 Å². The molecule has 6 nitrogen and oxygen atoms in total. The molecule has 0 atom stereocenters. The lowest BCUT2D eigenvalue weighted by molar-refractivity contribution is 0.0410. The number of hydrogen-bond donors (Lipinski definition) is 2. The van der Waals surface area contributed by atoms with Crippen molar-refractivity contribution in [2.45, 2.75) is 32.4 Å². The molecule has 1 fully saturated rings. The van der Waals surface area contributed by atoms with E-state index in [0.717, 1.165) is 54.0 Å². The second kappa shape index (κ2) is 7.81. The Labute approximate surface area is 170 Å². The Morgan fingerprint density at radius 2 is 1.90 bits per heavy atom. The molecule has 0 spiro atoms. The summed E-state index contributed by atoms with van der Waals surface area (Å²) in [5.41, 5.74) is 5.98. The van der Waals surface area contributed by atoms with Gasteiger partial charge in [0.05, 0.1) is 18.1 Å². The van der Waals surface area contributed by atoms with Gasteiger partial charge in [0, 0.05) is 5.56 Å². The van der Waals surface area contributed by atoms with Gasteiger partial charge < -0.3 is 19.3 Å². The van der Waals surface area contributed by atoms with Crippen LogP contribution in [0.3, 0.4) is 0 Å². The number of nitrogens with one attached hydrogen (secondary N) is 2. The first-order valence-corrected chi connectivity index (χ1v) is 10.1. The average Bonchev–Trinajstić information content (AvgIpc) is 3.34. The lowest BCUT2D eigenvalue weighted by Gasteiger charge is -2.24. The van der Waals surface area contributed by atoms with Crippen LogP contribution in [-0.4, -0.2) is 24.2 Å². The Morgan fingerprint density at radius 1 is 1.07 bits per heavy atom. The van der Waals surface area contributed by atoms with Gasteiger partial charge in [-0.05, 0) is 50.6 Å². The van der Waals surface area contributed by atoms with E-state index in [-0.39, 0.29) is 6.10 Å². The van der Waals surface area contributed by atoms with E-state index >= 15 is 0 Å². The SMILES string of the molecule is Cc1c(C2=CN(Cc3ccccc3)NO2)oc2cccc(OC3CCNCC3)c12. The summed E-state index contributed by atoms with van der Waals surface area (Å²) < 4.78 is 12.5. The van der Waals surface area contributed by atoms with Gasteiger partial charge in [-0.3, -0.25) is 5.01 Å². The zero-order chi connectivity index (χ0) is 19.6. The van der Waals surface area contributed by atoms with Gasteiger partial charge in [-0.2, -0.15) is 0 Å². The summed E-state index contributed by atoms with van der Waals surface area (Å²) in [4.78, 5) is 5.72. The minimum Gasteiger partial charge on any atom is -0.490 e. The monoisotopic (exact) mass is 391 g/mol. The third kappa shape index (κ3) is 3.69. The Hall–Kier alpha value is -2.96. The molecule has 1 saturated heterocycles. The van der Waals surface area contributed by atoms with Gasteiger partial charge in [0.2, 0.25) is 5.76 Å². The smallest absolute Gasteiger partial charge is 0.209 e. The molecular weight excluding hydrogens is 366 g/mol. The topological polar surface area (TPSA) is 58.9 Å². The molecule has 29 heavy (non-hydrogen) atoms. The number of furan rings is 1. The molecule has 0 unspecified atom stereocenters. The van der Waals surface area contributed by atoms with Crippen LogP contribution >= 0.6 is 0 Å². The fraction of sp³-hybridized carbons (Fsp3) is 0.304. The first-order chi connectivity index (χ1) is 14.3. The minimum absolute atomic E-state index is 0.240. The van der Waals surface area contributed by atoms with Gasteiger partial charge in [-0.25, -0.2) is 0 Å². The van der Waals surface area contributed by atoms with Crippen LogP contribution in [0, 0.1) is 6.92 Å². The Bertz CT molecular complexity index is 1020. The number of hydrogen-bond acceptors (Lipinski definition) is 6. The van der Waals surface area contributed by atoms with Crippen LogP contribution in [-0.2, 0) is 11.4 Å². The lowest BCUT2D eigenvalue weighted by Crippen LogP contribution is -2.34. The number of nitrogens with zero attached hydrogens (tertiary/aromatic N) is 1. The van der Waals surface area contributed by atoms with E-state index in [0.29, 0.717) is 12.3 Å². The van der Waals surface area contributed by atoms with Crippen molar-refractivity contribution in [2.75, 3.05) is 13.1 Å². The summed E-state index contributed by atoms with van der Waals surface area (Å²) in [7, 11) is 0. The molecular formula is C23H25N3O3. The summed E-state index contributed by atoms with van der Waals surface area (Å²) in [5.74, 6) is 2.28. The molecule has 5 rings (SSSR count). The molecule has 0 aliphatic carbocycles. The average molecular weight is 391 g/mol. The maximum absolute atomic E-state index is 6.34. The second-order valence-corrected chi connectivity index (χ2v) is 7.55. The van der Waals surface area contributed by atoms with E-state index in [1.165, 1.54) is 5.56 Å². The zero-order valence-electron chi connectivity index (χ0n) is 16.5. The summed E-state index contributed by atoms with van der Waals surface area (Å²) in [6, 6.07) is 16.2. The van der Waals surface area contributed by atoms with Crippen LogP contribution in [0.2, 0.25) is 0 Å². The molecule has 2 aliphatic heterocycles. The molecule has 0 bridgehead atoms. The molecule has 3 heterocycles. The van der Waals surface area contributed by atoms with Crippen molar-refractivity contribution in [1.29, 1.82) is 0 Å². The van der Waals surface area contributed by atoms with Crippen molar-refractivity contribution in [3.8, 4) is 5.75 Å². The summed E-state index contributed by atoms with van der Waals surface area (Å²) >= 11 is 0. The summed E-state index contributed by atoms with van der Waals surface area (Å²) in [6.45, 7) is 4.76. The number of benzene rings is 2. The van der Waals surface area contributed by atoms with E-state index in [2.05, 4.69) is 30.0 Å². The summed E-state index contributed by atoms with van der Waals surface area (Å²) in [6.07, 6.45) is 4.22. The maximum atomic E-state index is 6.34. The normalized spacial score (nSPS) is 17.4. The van der Waals surface area contributed by atoms with E-state index in [1.807, 2.05) is 47.6 Å². The third-order valence-electron chi connectivity index (χ3n) is 5.46. The van der Waals surface area contributed by atoms with Crippen LogP contribution in [0.15, 0.2) is 59.1 Å². The van der Waals surface area contributed by atoms with Crippen LogP contribution in [0.25, 0.3) is 16.7 Å². The van der Waals surface area contributed by atoms with Gasteiger partial charge in [0.25, 0.3) is 0 Å². The highest BCUT2D eigenvalue weighted by Crippen LogP contribution is 2.38. The van der Waals surface area contributed by atoms with Crippen molar-refractivity contribution in [3.05, 3.63) is 71.6 Å². The fourth-order valence-corrected chi connectivity index (χ4v) is 3.96. The molecule has 150 valence electrons. The predicted molar refractivity (Wildman–Crippen MR) is 112 cm³/mol. The summed E-state index contributed by atoms with van der Waals surface area (Å²) in [5, 5.41) is 6.30. The molecule has 6 heteroatoms. The molecule has 0 saturated carbocycles. The van der Waals surface area contributed by atoms with E-state index in [4.69, 9.17) is 14.0 Å². The first-order valence-electron chi connectivity index (χ1n) is 10.1. The number of hydrazine groups is 1. The van der Waals surface area contributed by atoms with Crippen molar-refractivity contribution >= 4 is 16.7 Å². The van der Waals surface area contributed by atoms with Gasteiger partial charge in [-0.15, -0.1) is 0 Å². The van der Waals surface area contributed by atoms with Gasteiger partial charge in [0.1, 0.15) is 17.4 Å². The molecule has 2 aromatic carbocycles. The third-order valence-corrected chi connectivity index (χ3v) is 5.46. The van der Waals surface area contributed by atoms with Crippen molar-refractivity contribution in [3.63, 3.8) is 0 Å². The Kier molecular flexibility index (Phi) is 4.87. The molecule has 3 aromatic rings. The van der Waals surface area contributed by atoms with Crippen molar-refractivity contribution in [1.82, 2.24) is 15.9 Å². The van der Waals surface area contributed by atoms with Gasteiger partial charge in [0.15, 0.2) is 5.76 Å². The van der Waals surface area contributed by atoms with E-state index in [1.54, 1.807) is 0 Å².